The van der Waals surface area contributed by atoms with Gasteiger partial charge in [-0.1, -0.05) is 6.58 Å². The van der Waals surface area contributed by atoms with Crippen LogP contribution >= 0.6 is 17.9 Å². The van der Waals surface area contributed by atoms with E-state index in [0.717, 1.165) is 11.4 Å². The van der Waals surface area contributed by atoms with Crippen LogP contribution in [0.15, 0.2) is 16.7 Å². The highest BCUT2D eigenvalue weighted by Gasteiger charge is 2.09. The highest BCUT2D eigenvalue weighted by Crippen LogP contribution is 2.56. The fraction of sp³-hybridized carbons (Fsp3) is 0.250. The first kappa shape index (κ1) is 8.70. The van der Waals surface area contributed by atoms with E-state index in [4.69, 9.17) is 0 Å². The molecule has 0 fully saturated rings. The smallest absolute Gasteiger partial charge is 0.255 e. The predicted molar refractivity (Wildman–Crippen MR) is 39.4 cm³/mol. The van der Waals surface area contributed by atoms with Gasteiger partial charge in [0.25, 0.3) is 6.49 Å². The summed E-state index contributed by atoms with van der Waals surface area (Å²) in [6.45, 7) is 2.02. The molecule has 0 aromatic rings. The van der Waals surface area contributed by atoms with Crippen LogP contribution in [0.25, 0.3) is 0 Å². The van der Waals surface area contributed by atoms with Crippen molar-refractivity contribution in [1.82, 2.24) is 0 Å². The van der Waals surface area contributed by atoms with Crippen molar-refractivity contribution in [1.29, 1.82) is 0 Å². The van der Waals surface area contributed by atoms with Crippen LogP contribution in [0.2, 0.25) is 0 Å². The van der Waals surface area contributed by atoms with E-state index in [2.05, 4.69) is 11.3 Å². The molecule has 5 heteroatoms. The molecule has 0 saturated carbocycles. The minimum atomic E-state index is -2.69. The summed E-state index contributed by atoms with van der Waals surface area (Å²) in [5.74, 6) is 0. The summed E-state index contributed by atoms with van der Waals surface area (Å²) < 4.78 is 14.0. The van der Waals surface area contributed by atoms with Gasteiger partial charge >= 0.3 is 0 Å². The van der Waals surface area contributed by atoms with Crippen molar-refractivity contribution in [3.05, 3.63) is 12.0 Å². The van der Waals surface area contributed by atoms with Crippen molar-refractivity contribution >= 4 is 24.0 Å². The zero-order valence-electron chi connectivity index (χ0n) is 4.90. The molecule has 0 aromatic heterocycles. The Labute approximate surface area is 57.4 Å². The number of hydrogen-bond donors (Lipinski definition) is 0. The number of carbonyl (C=O) groups excluding carboxylic acids is 1. The molecule has 0 amide bonds. The number of rotatable bonds is 3. The highest BCUT2D eigenvalue weighted by atomic mass is 32.7. The molecule has 9 heavy (non-hydrogen) atoms. The summed E-state index contributed by atoms with van der Waals surface area (Å²) in [6, 6.07) is 0. The first-order valence-electron chi connectivity index (χ1n) is 2.08. The van der Waals surface area contributed by atoms with Crippen LogP contribution in [-0.4, -0.2) is 12.7 Å². The minimum absolute atomic E-state index is 0.948. The maximum absolute atomic E-state index is 10.9. The van der Waals surface area contributed by atoms with Crippen molar-refractivity contribution in [2.45, 2.75) is 0 Å². The van der Waals surface area contributed by atoms with E-state index in [1.165, 1.54) is 18.2 Å². The molecule has 0 heterocycles. The lowest BCUT2D eigenvalue weighted by atomic mass is 11.3. The zero-order valence-corrected chi connectivity index (χ0v) is 6.61. The molecule has 0 aliphatic heterocycles. The van der Waals surface area contributed by atoms with Crippen molar-refractivity contribution in [3.8, 4) is 0 Å². The van der Waals surface area contributed by atoms with Gasteiger partial charge in [-0.3, -0.25) is 4.57 Å². The molecule has 0 N–H and O–H groups in total. The second kappa shape index (κ2) is 3.67. The van der Waals surface area contributed by atoms with Gasteiger partial charge in [0.2, 0.25) is 6.08 Å². The average Bonchev–Trinajstić information content (AvgIpc) is 1.64. The Bertz CT molecular complexity index is 197. The van der Waals surface area contributed by atoms with Gasteiger partial charge in [-0.15, -0.1) is 4.76 Å². The van der Waals surface area contributed by atoms with E-state index >= 15 is 0 Å². The van der Waals surface area contributed by atoms with E-state index < -0.39 is 6.49 Å². The SMILES string of the molecule is C=CSP(C)(=O)N=C=O. The molecule has 0 spiro atoms. The van der Waals surface area contributed by atoms with Crippen LogP contribution in [0, 0.1) is 0 Å². The summed E-state index contributed by atoms with van der Waals surface area (Å²) in [7, 11) is 0. The quantitative estimate of drug-likeness (QED) is 0.363. The van der Waals surface area contributed by atoms with Gasteiger partial charge in [0.1, 0.15) is 0 Å². The van der Waals surface area contributed by atoms with Gasteiger partial charge in [-0.2, -0.15) is 0 Å². The predicted octanol–water partition coefficient (Wildman–Crippen LogP) is 2.02. The third-order valence-corrected chi connectivity index (χ3v) is 3.34. The summed E-state index contributed by atoms with van der Waals surface area (Å²) in [5.41, 5.74) is 0. The molecule has 50 valence electrons. The Morgan fingerprint density at radius 1 is 1.89 bits per heavy atom. The Kier molecular flexibility index (Phi) is 3.55. The van der Waals surface area contributed by atoms with Crippen LogP contribution < -0.4 is 0 Å². The Hall–Kier alpha value is -0.300. The van der Waals surface area contributed by atoms with Crippen LogP contribution in [0.4, 0.5) is 0 Å². The standard InChI is InChI=1S/C4H6NO2PS/c1-3-9-8(2,7)5-4-6/h3H,1H2,2H3. The van der Waals surface area contributed by atoms with Gasteiger partial charge in [0.15, 0.2) is 0 Å². The maximum Gasteiger partial charge on any atom is 0.255 e. The third kappa shape index (κ3) is 4.22. The van der Waals surface area contributed by atoms with E-state index in [0.29, 0.717) is 0 Å². The summed E-state index contributed by atoms with van der Waals surface area (Å²) in [4.78, 5) is 9.58. The maximum atomic E-state index is 10.9. The number of hydrogen-bond acceptors (Lipinski definition) is 3. The van der Waals surface area contributed by atoms with Crippen LogP contribution in [0.5, 0.6) is 0 Å². The lowest BCUT2D eigenvalue weighted by molar-refractivity contribution is 0.564. The lowest BCUT2D eigenvalue weighted by Gasteiger charge is -1.95. The second-order valence-corrected chi connectivity index (χ2v) is 6.28. The van der Waals surface area contributed by atoms with E-state index in [9.17, 15) is 9.36 Å². The zero-order chi connectivity index (χ0) is 7.33. The molecule has 3 nitrogen and oxygen atoms in total. The molecule has 0 bridgehead atoms. The minimum Gasteiger partial charge on any atom is -0.286 e. The van der Waals surface area contributed by atoms with Gasteiger partial charge in [0, 0.05) is 6.66 Å². The van der Waals surface area contributed by atoms with Crippen molar-refractivity contribution < 1.29 is 9.36 Å². The Morgan fingerprint density at radius 3 is 2.78 bits per heavy atom. The van der Waals surface area contributed by atoms with E-state index in [1.54, 1.807) is 0 Å². The number of isocyanates is 1. The Balaban J connectivity index is 4.19. The number of nitrogens with zero attached hydrogens (tertiary/aromatic N) is 1. The summed E-state index contributed by atoms with van der Waals surface area (Å²) >= 11 is 0.948. The monoisotopic (exact) mass is 163 g/mol. The fourth-order valence-electron chi connectivity index (χ4n) is 0.236. The molecule has 0 saturated heterocycles. The van der Waals surface area contributed by atoms with Gasteiger partial charge in [-0.25, -0.2) is 4.79 Å². The highest BCUT2D eigenvalue weighted by molar-refractivity contribution is 8.58. The molecule has 1 unspecified atom stereocenters. The first-order chi connectivity index (χ1) is 4.12. The van der Waals surface area contributed by atoms with Crippen molar-refractivity contribution in [2.24, 2.45) is 4.76 Å². The molecule has 0 aromatic carbocycles. The first-order valence-corrected chi connectivity index (χ1v) is 5.68. The molecule has 0 radical (unpaired) electrons. The van der Waals surface area contributed by atoms with Gasteiger partial charge < -0.3 is 0 Å². The largest absolute Gasteiger partial charge is 0.286 e. The molecule has 0 aliphatic carbocycles. The van der Waals surface area contributed by atoms with Crippen LogP contribution in [0.3, 0.4) is 0 Å². The normalized spacial score (nSPS) is 15.2. The lowest BCUT2D eigenvalue weighted by Crippen LogP contribution is -1.60. The molecule has 0 rings (SSSR count). The fourth-order valence-corrected chi connectivity index (χ4v) is 1.78. The molecule has 0 aliphatic rings. The topological polar surface area (TPSA) is 46.5 Å². The average molecular weight is 163 g/mol. The molecular weight excluding hydrogens is 157 g/mol. The second-order valence-electron chi connectivity index (χ2n) is 1.27. The summed E-state index contributed by atoms with van der Waals surface area (Å²) in [6.07, 6.45) is 1.24. The van der Waals surface area contributed by atoms with E-state index in [-0.39, 0.29) is 0 Å². The van der Waals surface area contributed by atoms with Crippen LogP contribution in [0.1, 0.15) is 0 Å². The van der Waals surface area contributed by atoms with E-state index in [1.807, 2.05) is 0 Å². The molecular formula is C4H6NO2PS. The summed E-state index contributed by atoms with van der Waals surface area (Å²) in [5, 5.41) is 1.39. The van der Waals surface area contributed by atoms with Crippen molar-refractivity contribution in [2.75, 3.05) is 6.66 Å². The molecule has 1 atom stereocenters. The van der Waals surface area contributed by atoms with Crippen molar-refractivity contribution in [3.63, 3.8) is 0 Å². The van der Waals surface area contributed by atoms with Gasteiger partial charge in [-0.05, 0) is 16.8 Å². The Morgan fingerprint density at radius 2 is 2.44 bits per heavy atom. The third-order valence-electron chi connectivity index (χ3n) is 0.493. The van der Waals surface area contributed by atoms with Gasteiger partial charge in [0.05, 0.1) is 0 Å². The van der Waals surface area contributed by atoms with Crippen LogP contribution in [-0.2, 0) is 9.36 Å².